The van der Waals surface area contributed by atoms with E-state index in [-0.39, 0.29) is 5.78 Å². The molecular weight excluding hydrogens is 203 g/mol. The smallest absolute Gasteiger partial charge is 0.164 e. The van der Waals surface area contributed by atoms with E-state index in [2.05, 4.69) is 0 Å². The van der Waals surface area contributed by atoms with Crippen molar-refractivity contribution in [3.05, 3.63) is 29.6 Å². The van der Waals surface area contributed by atoms with Gasteiger partial charge in [0.1, 0.15) is 5.82 Å². The van der Waals surface area contributed by atoms with Crippen molar-refractivity contribution in [3.8, 4) is 0 Å². The second-order valence-electron chi connectivity index (χ2n) is 3.22. The van der Waals surface area contributed by atoms with Crippen LogP contribution >= 0.6 is 0 Å². The van der Waals surface area contributed by atoms with Crippen LogP contribution in [0.1, 0.15) is 23.2 Å². The summed E-state index contributed by atoms with van der Waals surface area (Å²) in [5.74, 6) is -0.0639. The Morgan fingerprint density at radius 1 is 1.36 bits per heavy atom. The third-order valence-electron chi connectivity index (χ3n) is 2.22. The zero-order chi connectivity index (χ0) is 10.1. The Bertz CT molecular complexity index is 415. The van der Waals surface area contributed by atoms with E-state index in [0.717, 1.165) is 0 Å². The summed E-state index contributed by atoms with van der Waals surface area (Å²) in [6.45, 7) is 0. The third kappa shape index (κ3) is 1.62. The molecule has 0 fully saturated rings. The second kappa shape index (κ2) is 3.61. The molecule has 14 heavy (non-hydrogen) atoms. The van der Waals surface area contributed by atoms with Crippen molar-refractivity contribution in [1.29, 1.82) is 0 Å². The molecular formula is C10H9FO2S. The Hall–Kier alpha value is -1.03. The van der Waals surface area contributed by atoms with Crippen LogP contribution in [0, 0.1) is 5.82 Å². The van der Waals surface area contributed by atoms with Crippen molar-refractivity contribution < 1.29 is 13.4 Å². The minimum absolute atomic E-state index is 0.106. The number of halogens is 1. The average molecular weight is 212 g/mol. The van der Waals surface area contributed by atoms with E-state index in [4.69, 9.17) is 0 Å². The van der Waals surface area contributed by atoms with E-state index in [1.165, 1.54) is 18.2 Å². The van der Waals surface area contributed by atoms with Crippen molar-refractivity contribution in [2.24, 2.45) is 0 Å². The lowest BCUT2D eigenvalue weighted by atomic mass is 10.1. The first-order valence-corrected chi connectivity index (χ1v) is 5.71. The highest BCUT2D eigenvalue weighted by molar-refractivity contribution is 7.85. The molecule has 74 valence electrons. The van der Waals surface area contributed by atoms with Gasteiger partial charge in [-0.15, -0.1) is 0 Å². The molecule has 0 spiro atoms. The normalized spacial score (nSPS) is 21.5. The summed E-state index contributed by atoms with van der Waals surface area (Å²) < 4.78 is 24.5. The molecule has 1 aliphatic rings. The van der Waals surface area contributed by atoms with Crippen molar-refractivity contribution in [2.75, 3.05) is 5.75 Å². The van der Waals surface area contributed by atoms with Crippen LogP contribution in [0.15, 0.2) is 23.1 Å². The van der Waals surface area contributed by atoms with Crippen LogP contribution in [0.4, 0.5) is 4.39 Å². The van der Waals surface area contributed by atoms with Gasteiger partial charge in [-0.1, -0.05) is 0 Å². The van der Waals surface area contributed by atoms with Gasteiger partial charge in [0.15, 0.2) is 5.78 Å². The Kier molecular flexibility index (Phi) is 2.46. The lowest BCUT2D eigenvalue weighted by Gasteiger charge is -2.02. The summed E-state index contributed by atoms with van der Waals surface area (Å²) in [4.78, 5) is 12.0. The van der Waals surface area contributed by atoms with Gasteiger partial charge in [0, 0.05) is 22.6 Å². The second-order valence-corrected chi connectivity index (χ2v) is 4.76. The molecule has 1 unspecified atom stereocenters. The fourth-order valence-corrected chi connectivity index (χ4v) is 2.79. The summed E-state index contributed by atoms with van der Waals surface area (Å²) in [6, 6.07) is 3.88. The van der Waals surface area contributed by atoms with E-state index in [9.17, 15) is 13.4 Å². The monoisotopic (exact) mass is 212 g/mol. The molecule has 0 bridgehead atoms. The summed E-state index contributed by atoms with van der Waals surface area (Å²) in [5, 5.41) is 0. The minimum atomic E-state index is -1.15. The molecule has 0 N–H and O–H groups in total. The molecule has 2 rings (SSSR count). The Labute approximate surface area is 83.6 Å². The van der Waals surface area contributed by atoms with Gasteiger partial charge < -0.3 is 0 Å². The van der Waals surface area contributed by atoms with E-state index < -0.39 is 16.6 Å². The fraction of sp³-hybridized carbons (Fsp3) is 0.300. The van der Waals surface area contributed by atoms with E-state index >= 15 is 0 Å². The van der Waals surface area contributed by atoms with Gasteiger partial charge in [0.2, 0.25) is 0 Å². The number of hydrogen-bond acceptors (Lipinski definition) is 2. The SMILES string of the molecule is O=C1CCCS(=O)c2ccc(F)cc21. The molecule has 0 radical (unpaired) electrons. The van der Waals surface area contributed by atoms with Crippen LogP contribution < -0.4 is 0 Å². The number of Topliss-reactive ketones (excluding diaryl/α,β-unsaturated/α-hetero) is 1. The molecule has 1 aliphatic heterocycles. The van der Waals surface area contributed by atoms with Gasteiger partial charge in [-0.2, -0.15) is 0 Å². The zero-order valence-electron chi connectivity index (χ0n) is 7.46. The molecule has 2 nitrogen and oxygen atoms in total. The number of carbonyl (C=O) groups excluding carboxylic acids is 1. The first-order chi connectivity index (χ1) is 6.68. The van der Waals surface area contributed by atoms with Gasteiger partial charge >= 0.3 is 0 Å². The number of ketones is 1. The third-order valence-corrected chi connectivity index (χ3v) is 3.73. The summed E-state index contributed by atoms with van der Waals surface area (Å²) >= 11 is 0. The Balaban J connectivity index is 2.60. The van der Waals surface area contributed by atoms with Gasteiger partial charge in [0.25, 0.3) is 0 Å². The van der Waals surface area contributed by atoms with Crippen LogP contribution in [0.5, 0.6) is 0 Å². The summed E-state index contributed by atoms with van der Waals surface area (Å²) in [7, 11) is -1.15. The maximum Gasteiger partial charge on any atom is 0.164 e. The molecule has 1 atom stereocenters. The van der Waals surface area contributed by atoms with E-state index in [1.807, 2.05) is 0 Å². The number of rotatable bonds is 0. The van der Waals surface area contributed by atoms with Gasteiger partial charge in [0.05, 0.1) is 10.8 Å². The van der Waals surface area contributed by atoms with Crippen LogP contribution in [0.2, 0.25) is 0 Å². The van der Waals surface area contributed by atoms with Crippen LogP contribution in [0.3, 0.4) is 0 Å². The van der Waals surface area contributed by atoms with Crippen LogP contribution in [-0.4, -0.2) is 15.7 Å². The van der Waals surface area contributed by atoms with Crippen molar-refractivity contribution in [1.82, 2.24) is 0 Å². The molecule has 1 heterocycles. The minimum Gasteiger partial charge on any atom is -0.294 e. The lowest BCUT2D eigenvalue weighted by Crippen LogP contribution is -2.01. The first kappa shape index (κ1) is 9.52. The summed E-state index contributed by atoms with van der Waals surface area (Å²) in [6.07, 6.45) is 0.976. The molecule has 0 amide bonds. The highest BCUT2D eigenvalue weighted by atomic mass is 32.2. The molecule has 4 heteroatoms. The van der Waals surface area contributed by atoms with Gasteiger partial charge in [-0.3, -0.25) is 9.00 Å². The summed E-state index contributed by atoms with van der Waals surface area (Å²) in [5.41, 5.74) is 0.292. The molecule has 0 saturated heterocycles. The largest absolute Gasteiger partial charge is 0.294 e. The first-order valence-electron chi connectivity index (χ1n) is 4.39. The van der Waals surface area contributed by atoms with Gasteiger partial charge in [-0.25, -0.2) is 4.39 Å². The Morgan fingerprint density at radius 3 is 2.93 bits per heavy atom. The standard InChI is InChI=1S/C10H9FO2S/c11-7-3-4-10-8(6-7)9(12)2-1-5-14(10)13/h3-4,6H,1-2,5H2. The fourth-order valence-electron chi connectivity index (χ4n) is 1.53. The Morgan fingerprint density at radius 2 is 2.14 bits per heavy atom. The van der Waals surface area contributed by atoms with Crippen LogP contribution in [-0.2, 0) is 10.8 Å². The van der Waals surface area contributed by atoms with Crippen LogP contribution in [0.25, 0.3) is 0 Å². The van der Waals surface area contributed by atoms with Crippen molar-refractivity contribution >= 4 is 16.6 Å². The molecule has 0 saturated carbocycles. The highest BCUT2D eigenvalue weighted by Crippen LogP contribution is 2.22. The number of carbonyl (C=O) groups is 1. The molecule has 0 aliphatic carbocycles. The molecule has 1 aromatic carbocycles. The molecule has 1 aromatic rings. The number of hydrogen-bond donors (Lipinski definition) is 0. The highest BCUT2D eigenvalue weighted by Gasteiger charge is 2.20. The average Bonchev–Trinajstić information content (AvgIpc) is 2.28. The number of fused-ring (bicyclic) bond motifs is 1. The predicted molar refractivity (Wildman–Crippen MR) is 51.2 cm³/mol. The zero-order valence-corrected chi connectivity index (χ0v) is 8.27. The topological polar surface area (TPSA) is 34.1 Å². The van der Waals surface area contributed by atoms with E-state index in [0.29, 0.717) is 29.1 Å². The van der Waals surface area contributed by atoms with Crippen molar-refractivity contribution in [3.63, 3.8) is 0 Å². The lowest BCUT2D eigenvalue weighted by molar-refractivity contribution is 0.0980. The quantitative estimate of drug-likeness (QED) is 0.658. The van der Waals surface area contributed by atoms with E-state index in [1.54, 1.807) is 0 Å². The maximum absolute atomic E-state index is 12.9. The van der Waals surface area contributed by atoms with Gasteiger partial charge in [-0.05, 0) is 24.6 Å². The molecule has 0 aromatic heterocycles. The predicted octanol–water partition coefficient (Wildman–Crippen LogP) is 1.91. The number of benzene rings is 1. The maximum atomic E-state index is 12.9. The van der Waals surface area contributed by atoms with Crippen molar-refractivity contribution in [2.45, 2.75) is 17.7 Å².